The second-order valence-electron chi connectivity index (χ2n) is 5.65. The van der Waals surface area contributed by atoms with E-state index in [0.717, 1.165) is 0 Å². The van der Waals surface area contributed by atoms with Crippen molar-refractivity contribution in [3.05, 3.63) is 29.8 Å². The maximum atomic E-state index is 12.3. The summed E-state index contributed by atoms with van der Waals surface area (Å²) in [5.41, 5.74) is 0.445. The molecule has 1 saturated heterocycles. The van der Waals surface area contributed by atoms with Crippen LogP contribution in [0.3, 0.4) is 0 Å². The lowest BCUT2D eigenvalue weighted by Crippen LogP contribution is -2.58. The predicted octanol–water partition coefficient (Wildman–Crippen LogP) is 1.79. The summed E-state index contributed by atoms with van der Waals surface area (Å²) in [5.74, 6) is -0.861. The molecule has 0 radical (unpaired) electrons. The van der Waals surface area contributed by atoms with Crippen LogP contribution in [-0.4, -0.2) is 60.8 Å². The predicted molar refractivity (Wildman–Crippen MR) is 81.6 cm³/mol. The van der Waals surface area contributed by atoms with E-state index in [-0.39, 0.29) is 30.7 Å². The summed E-state index contributed by atoms with van der Waals surface area (Å²) in [5, 5.41) is 0. The Bertz CT molecular complexity index is 636. The molecule has 1 fully saturated rings. The Hall–Kier alpha value is -2.29. The van der Waals surface area contributed by atoms with E-state index >= 15 is 0 Å². The highest BCUT2D eigenvalue weighted by Gasteiger charge is 2.36. The van der Waals surface area contributed by atoms with Crippen molar-refractivity contribution in [1.29, 1.82) is 0 Å². The van der Waals surface area contributed by atoms with Crippen LogP contribution in [0, 0.1) is 0 Å². The van der Waals surface area contributed by atoms with Crippen LogP contribution in [0.2, 0.25) is 0 Å². The number of methoxy groups -OCH3 is 1. The number of ether oxygens (including phenoxy) is 2. The van der Waals surface area contributed by atoms with Gasteiger partial charge in [-0.15, -0.1) is 13.2 Å². The monoisotopic (exact) mass is 360 g/mol. The highest BCUT2D eigenvalue weighted by molar-refractivity contribution is 5.94. The summed E-state index contributed by atoms with van der Waals surface area (Å²) in [6.45, 7) is 2.18. The maximum absolute atomic E-state index is 12.3. The Morgan fingerprint density at radius 3 is 2.64 bits per heavy atom. The van der Waals surface area contributed by atoms with Gasteiger partial charge in [0.25, 0.3) is 0 Å². The van der Waals surface area contributed by atoms with Gasteiger partial charge in [0.15, 0.2) is 0 Å². The van der Waals surface area contributed by atoms with E-state index in [9.17, 15) is 22.8 Å². The number of nitrogens with zero attached hydrogens (tertiary/aromatic N) is 2. The molecule has 6 nitrogen and oxygen atoms in total. The normalized spacial score (nSPS) is 18.7. The summed E-state index contributed by atoms with van der Waals surface area (Å²) in [6, 6.07) is 4.66. The average molecular weight is 360 g/mol. The minimum atomic E-state index is -4.79. The fourth-order valence-electron chi connectivity index (χ4n) is 2.60. The number of alkyl halides is 3. The number of benzene rings is 1. The molecule has 1 aliphatic heterocycles. The quantitative estimate of drug-likeness (QED) is 0.776. The topological polar surface area (TPSA) is 59.1 Å². The van der Waals surface area contributed by atoms with Gasteiger partial charge in [0.1, 0.15) is 11.8 Å². The maximum Gasteiger partial charge on any atom is 0.573 e. The zero-order valence-electron chi connectivity index (χ0n) is 13.9. The van der Waals surface area contributed by atoms with Crippen LogP contribution in [0.5, 0.6) is 5.75 Å². The summed E-state index contributed by atoms with van der Waals surface area (Å²) < 4.78 is 45.7. The first-order chi connectivity index (χ1) is 11.7. The van der Waals surface area contributed by atoms with Crippen LogP contribution >= 0.6 is 0 Å². The smallest absolute Gasteiger partial charge is 0.406 e. The van der Waals surface area contributed by atoms with Gasteiger partial charge in [-0.05, 0) is 24.6 Å². The Morgan fingerprint density at radius 2 is 2.00 bits per heavy atom. The summed E-state index contributed by atoms with van der Waals surface area (Å²) >= 11 is 0. The molecule has 1 atom stereocenters. The van der Waals surface area contributed by atoms with Crippen LogP contribution < -0.4 is 4.74 Å². The minimum Gasteiger partial charge on any atom is -0.406 e. The largest absolute Gasteiger partial charge is 0.573 e. The third-order valence-corrected chi connectivity index (χ3v) is 3.83. The third-order valence-electron chi connectivity index (χ3n) is 3.83. The molecule has 0 spiro atoms. The van der Waals surface area contributed by atoms with Gasteiger partial charge in [0, 0.05) is 20.2 Å². The fraction of sp³-hybridized carbons (Fsp3) is 0.500. The van der Waals surface area contributed by atoms with Crippen LogP contribution in [0.15, 0.2) is 24.3 Å². The Morgan fingerprint density at radius 1 is 1.28 bits per heavy atom. The molecule has 1 aliphatic rings. The number of carbonyl (C=O) groups is 2. The Kier molecular flexibility index (Phi) is 5.89. The second-order valence-corrected chi connectivity index (χ2v) is 5.65. The van der Waals surface area contributed by atoms with Gasteiger partial charge in [-0.3, -0.25) is 9.59 Å². The lowest BCUT2D eigenvalue weighted by molar-refractivity contribution is -0.274. The molecule has 1 heterocycles. The molecule has 2 rings (SSSR count). The van der Waals surface area contributed by atoms with Crippen molar-refractivity contribution >= 4 is 11.8 Å². The zero-order chi connectivity index (χ0) is 18.6. The van der Waals surface area contributed by atoms with Gasteiger partial charge >= 0.3 is 6.36 Å². The van der Waals surface area contributed by atoms with Crippen LogP contribution in [0.4, 0.5) is 13.2 Å². The van der Waals surface area contributed by atoms with Crippen LogP contribution in [0.25, 0.3) is 0 Å². The van der Waals surface area contributed by atoms with Gasteiger partial charge in [-0.25, -0.2) is 0 Å². The number of rotatable bonds is 6. The molecule has 9 heteroatoms. The van der Waals surface area contributed by atoms with E-state index in [1.807, 2.05) is 0 Å². The number of hydrogen-bond acceptors (Lipinski definition) is 4. The second kappa shape index (κ2) is 7.73. The summed E-state index contributed by atoms with van der Waals surface area (Å²) in [7, 11) is 1.50. The van der Waals surface area contributed by atoms with Gasteiger partial charge in [-0.1, -0.05) is 12.1 Å². The molecule has 0 N–H and O–H groups in total. The molecule has 138 valence electrons. The minimum absolute atomic E-state index is 0.0267. The number of piperazine rings is 1. The molecule has 0 bridgehead atoms. The molecular formula is C16H19F3N2O4. The van der Waals surface area contributed by atoms with E-state index in [2.05, 4.69) is 4.74 Å². The SMILES string of the molecule is COCCN1CC(=O)N(Cc2cccc(OC(F)(F)F)c2)[C@@H](C)C1=O. The highest BCUT2D eigenvalue weighted by Crippen LogP contribution is 2.24. The van der Waals surface area contributed by atoms with E-state index in [1.165, 1.54) is 35.1 Å². The molecule has 1 aromatic carbocycles. The Balaban J connectivity index is 2.08. The molecule has 25 heavy (non-hydrogen) atoms. The van der Waals surface area contributed by atoms with E-state index in [0.29, 0.717) is 18.7 Å². The van der Waals surface area contributed by atoms with E-state index in [1.54, 1.807) is 13.0 Å². The van der Waals surface area contributed by atoms with Crippen LogP contribution in [0.1, 0.15) is 12.5 Å². The van der Waals surface area contributed by atoms with Gasteiger partial charge in [0.05, 0.1) is 13.2 Å². The number of hydrogen-bond donors (Lipinski definition) is 0. The highest BCUT2D eigenvalue weighted by atomic mass is 19.4. The van der Waals surface area contributed by atoms with Crippen molar-refractivity contribution < 1.29 is 32.2 Å². The molecule has 0 aliphatic carbocycles. The summed E-state index contributed by atoms with van der Waals surface area (Å²) in [6.07, 6.45) is -4.79. The van der Waals surface area contributed by atoms with E-state index < -0.39 is 12.4 Å². The first kappa shape index (κ1) is 19.0. The van der Waals surface area contributed by atoms with Gasteiger partial charge in [0.2, 0.25) is 11.8 Å². The van der Waals surface area contributed by atoms with Gasteiger partial charge < -0.3 is 19.3 Å². The van der Waals surface area contributed by atoms with Crippen molar-refractivity contribution in [2.75, 3.05) is 26.8 Å². The fourth-order valence-corrected chi connectivity index (χ4v) is 2.60. The average Bonchev–Trinajstić information content (AvgIpc) is 2.52. The zero-order valence-corrected chi connectivity index (χ0v) is 13.9. The van der Waals surface area contributed by atoms with Crippen molar-refractivity contribution in [1.82, 2.24) is 9.80 Å². The first-order valence-corrected chi connectivity index (χ1v) is 7.63. The first-order valence-electron chi connectivity index (χ1n) is 7.63. The van der Waals surface area contributed by atoms with Crippen LogP contribution in [-0.2, 0) is 20.9 Å². The van der Waals surface area contributed by atoms with Crippen molar-refractivity contribution in [3.8, 4) is 5.75 Å². The number of carbonyl (C=O) groups excluding carboxylic acids is 2. The Labute approximate surface area is 143 Å². The van der Waals surface area contributed by atoms with Gasteiger partial charge in [-0.2, -0.15) is 0 Å². The number of halogens is 3. The molecule has 0 saturated carbocycles. The molecule has 0 unspecified atom stereocenters. The van der Waals surface area contributed by atoms with Crippen molar-refractivity contribution in [3.63, 3.8) is 0 Å². The van der Waals surface area contributed by atoms with Crippen molar-refractivity contribution in [2.24, 2.45) is 0 Å². The molecule has 0 aromatic heterocycles. The van der Waals surface area contributed by atoms with Crippen molar-refractivity contribution in [2.45, 2.75) is 25.9 Å². The third kappa shape index (κ3) is 5.09. The number of amides is 2. The van der Waals surface area contributed by atoms with E-state index in [4.69, 9.17) is 4.74 Å². The lowest BCUT2D eigenvalue weighted by atomic mass is 10.1. The molecular weight excluding hydrogens is 341 g/mol. The molecule has 2 amide bonds. The lowest BCUT2D eigenvalue weighted by Gasteiger charge is -2.38. The standard InChI is InChI=1S/C16H19F3N2O4/c1-11-15(23)20(6-7-24-2)10-14(22)21(11)9-12-4-3-5-13(8-12)25-16(17,18)19/h3-5,8,11H,6-7,9-10H2,1-2H3/t11-/m0/s1. The summed E-state index contributed by atoms with van der Waals surface area (Å²) in [4.78, 5) is 27.4. The molecule has 1 aromatic rings.